The number of hydrogen-bond acceptors (Lipinski definition) is 6. The molecule has 0 amide bonds. The predicted molar refractivity (Wildman–Crippen MR) is 107 cm³/mol. The Balaban J connectivity index is 1.80. The summed E-state index contributed by atoms with van der Waals surface area (Å²) in [6, 6.07) is 12.6. The molecule has 0 atom stereocenters. The lowest BCUT2D eigenvalue weighted by Gasteiger charge is -2.06. The van der Waals surface area contributed by atoms with Crippen LogP contribution in [0.5, 0.6) is 5.75 Å². The number of aromatic nitrogens is 3. The van der Waals surface area contributed by atoms with Crippen molar-refractivity contribution in [3.8, 4) is 5.75 Å². The Morgan fingerprint density at radius 3 is 2.68 bits per heavy atom. The number of methoxy groups -OCH3 is 1. The highest BCUT2D eigenvalue weighted by atomic mass is 32.2. The molecule has 0 spiro atoms. The Morgan fingerprint density at radius 2 is 1.93 bits per heavy atom. The molecule has 0 bridgehead atoms. The lowest BCUT2D eigenvalue weighted by atomic mass is 10.2. The fourth-order valence-corrected chi connectivity index (χ4v) is 4.09. The largest absolute Gasteiger partial charge is 0.497 e. The van der Waals surface area contributed by atoms with Crippen molar-refractivity contribution in [2.24, 2.45) is 0 Å². The van der Waals surface area contributed by atoms with Crippen molar-refractivity contribution in [1.29, 1.82) is 0 Å². The van der Waals surface area contributed by atoms with E-state index in [0.717, 1.165) is 27.1 Å². The van der Waals surface area contributed by atoms with Gasteiger partial charge in [-0.05, 0) is 18.2 Å². The zero-order valence-electron chi connectivity index (χ0n) is 15.0. The Hall–Kier alpha value is -3.39. The van der Waals surface area contributed by atoms with Gasteiger partial charge in [0.25, 0.3) is 5.69 Å². The first-order valence-corrected chi connectivity index (χ1v) is 9.29. The molecule has 140 valence electrons. The number of fused-ring (bicyclic) bond motifs is 1. The first kappa shape index (κ1) is 18.0. The van der Waals surface area contributed by atoms with E-state index < -0.39 is 0 Å². The summed E-state index contributed by atoms with van der Waals surface area (Å²) in [6.45, 7) is 0.585. The van der Waals surface area contributed by atoms with E-state index in [1.54, 1.807) is 37.7 Å². The van der Waals surface area contributed by atoms with Crippen LogP contribution in [0, 0.1) is 10.1 Å². The Bertz CT molecular complexity index is 1140. The molecule has 4 rings (SSSR count). The molecule has 7 nitrogen and oxygen atoms in total. The number of para-hydroxylation sites is 1. The SMILES string of the molecule is COc1ccc2c(Sc3ccccc3[N+](=O)[O-])cn(Cc3cncnc3)c2c1. The molecular weight excluding hydrogens is 376 g/mol. The van der Waals surface area contributed by atoms with E-state index in [0.29, 0.717) is 11.4 Å². The van der Waals surface area contributed by atoms with Crippen molar-refractivity contribution in [2.45, 2.75) is 16.3 Å². The zero-order valence-corrected chi connectivity index (χ0v) is 15.8. The summed E-state index contributed by atoms with van der Waals surface area (Å²) in [5, 5.41) is 12.4. The lowest BCUT2D eigenvalue weighted by Crippen LogP contribution is -1.99. The molecule has 0 fully saturated rings. The predicted octanol–water partition coefficient (Wildman–Crippen LogP) is 4.55. The van der Waals surface area contributed by atoms with Crippen LogP contribution < -0.4 is 4.74 Å². The quantitative estimate of drug-likeness (QED) is 0.354. The minimum Gasteiger partial charge on any atom is -0.497 e. The zero-order chi connectivity index (χ0) is 19.5. The summed E-state index contributed by atoms with van der Waals surface area (Å²) >= 11 is 1.38. The molecule has 28 heavy (non-hydrogen) atoms. The molecule has 2 aromatic heterocycles. The summed E-state index contributed by atoms with van der Waals surface area (Å²) in [5.41, 5.74) is 2.03. The number of benzene rings is 2. The van der Waals surface area contributed by atoms with Gasteiger partial charge in [0.15, 0.2) is 0 Å². The van der Waals surface area contributed by atoms with Crippen molar-refractivity contribution in [1.82, 2.24) is 14.5 Å². The van der Waals surface area contributed by atoms with E-state index in [-0.39, 0.29) is 10.6 Å². The Labute approximate surface area is 165 Å². The van der Waals surface area contributed by atoms with E-state index in [1.807, 2.05) is 24.4 Å². The van der Waals surface area contributed by atoms with Gasteiger partial charge in [0.05, 0.1) is 29.0 Å². The molecule has 0 saturated carbocycles. The summed E-state index contributed by atoms with van der Waals surface area (Å²) in [4.78, 5) is 20.7. The number of ether oxygens (including phenoxy) is 1. The molecule has 0 aliphatic rings. The van der Waals surface area contributed by atoms with E-state index in [9.17, 15) is 10.1 Å². The van der Waals surface area contributed by atoms with E-state index in [1.165, 1.54) is 24.2 Å². The number of rotatable bonds is 6. The van der Waals surface area contributed by atoms with Crippen molar-refractivity contribution >= 4 is 28.4 Å². The van der Waals surface area contributed by atoms with Gasteiger partial charge in [-0.3, -0.25) is 10.1 Å². The average Bonchev–Trinajstić information content (AvgIpc) is 3.05. The van der Waals surface area contributed by atoms with Gasteiger partial charge in [0.1, 0.15) is 12.1 Å². The normalized spacial score (nSPS) is 10.9. The first-order chi connectivity index (χ1) is 13.7. The van der Waals surface area contributed by atoms with Crippen LogP contribution in [0.1, 0.15) is 5.56 Å². The van der Waals surface area contributed by atoms with Crippen LogP contribution in [-0.4, -0.2) is 26.6 Å². The topological polar surface area (TPSA) is 83.1 Å². The standard InChI is InChI=1S/C20H16N4O3S/c1-27-15-6-7-16-18(8-15)23(11-14-9-21-13-22-10-14)12-20(16)28-19-5-3-2-4-17(19)24(25)26/h2-10,12-13H,11H2,1H3. The van der Waals surface area contributed by atoms with Crippen molar-refractivity contribution < 1.29 is 9.66 Å². The second-order valence-electron chi connectivity index (χ2n) is 6.08. The summed E-state index contributed by atoms with van der Waals surface area (Å²) < 4.78 is 7.45. The van der Waals surface area contributed by atoms with Gasteiger partial charge in [-0.1, -0.05) is 23.9 Å². The summed E-state index contributed by atoms with van der Waals surface area (Å²) in [7, 11) is 1.63. The molecule has 2 aromatic carbocycles. The molecule has 0 aliphatic carbocycles. The number of nitrogens with zero attached hydrogens (tertiary/aromatic N) is 4. The number of nitro benzene ring substituents is 1. The lowest BCUT2D eigenvalue weighted by molar-refractivity contribution is -0.387. The second kappa shape index (κ2) is 7.69. The van der Waals surface area contributed by atoms with Crippen LogP contribution in [-0.2, 0) is 6.54 Å². The van der Waals surface area contributed by atoms with Crippen molar-refractivity contribution in [3.63, 3.8) is 0 Å². The maximum Gasteiger partial charge on any atom is 0.283 e. The van der Waals surface area contributed by atoms with Crippen molar-refractivity contribution in [3.05, 3.63) is 83.1 Å². The minimum atomic E-state index is -0.355. The third kappa shape index (κ3) is 3.54. The molecular formula is C20H16N4O3S. The highest BCUT2D eigenvalue weighted by Gasteiger charge is 2.17. The van der Waals surface area contributed by atoms with Crippen LogP contribution in [0.25, 0.3) is 10.9 Å². The van der Waals surface area contributed by atoms with Crippen LogP contribution in [0.15, 0.2) is 77.2 Å². The van der Waals surface area contributed by atoms with Gasteiger partial charge in [0.2, 0.25) is 0 Å². The maximum absolute atomic E-state index is 11.4. The summed E-state index contributed by atoms with van der Waals surface area (Å²) in [5.74, 6) is 0.749. The fraction of sp³-hybridized carbons (Fsp3) is 0.100. The molecule has 4 aromatic rings. The Kier molecular flexibility index (Phi) is 4.94. The molecule has 0 radical (unpaired) electrons. The third-order valence-electron chi connectivity index (χ3n) is 4.30. The molecule has 2 heterocycles. The van der Waals surface area contributed by atoms with Gasteiger partial charge in [-0.25, -0.2) is 9.97 Å². The van der Waals surface area contributed by atoms with Crippen LogP contribution >= 0.6 is 11.8 Å². The van der Waals surface area contributed by atoms with Gasteiger partial charge >= 0.3 is 0 Å². The maximum atomic E-state index is 11.4. The second-order valence-corrected chi connectivity index (χ2v) is 7.16. The van der Waals surface area contributed by atoms with Gasteiger partial charge in [0, 0.05) is 46.6 Å². The van der Waals surface area contributed by atoms with Gasteiger partial charge in [-0.2, -0.15) is 0 Å². The smallest absolute Gasteiger partial charge is 0.283 e. The Morgan fingerprint density at radius 1 is 1.14 bits per heavy atom. The van der Waals surface area contributed by atoms with Crippen LogP contribution in [0.4, 0.5) is 5.69 Å². The molecule has 8 heteroatoms. The number of hydrogen-bond donors (Lipinski definition) is 0. The van der Waals surface area contributed by atoms with Gasteiger partial charge in [-0.15, -0.1) is 0 Å². The van der Waals surface area contributed by atoms with Crippen LogP contribution in [0.3, 0.4) is 0 Å². The van der Waals surface area contributed by atoms with Crippen LogP contribution in [0.2, 0.25) is 0 Å². The van der Waals surface area contributed by atoms with Crippen molar-refractivity contribution in [2.75, 3.05) is 7.11 Å². The number of nitro groups is 1. The summed E-state index contributed by atoms with van der Waals surface area (Å²) in [6.07, 6.45) is 7.04. The van der Waals surface area contributed by atoms with E-state index in [2.05, 4.69) is 14.5 Å². The fourth-order valence-electron chi connectivity index (χ4n) is 3.00. The molecule has 0 N–H and O–H groups in total. The third-order valence-corrected chi connectivity index (χ3v) is 5.41. The molecule has 0 unspecified atom stereocenters. The highest BCUT2D eigenvalue weighted by Crippen LogP contribution is 2.40. The molecule has 0 saturated heterocycles. The highest BCUT2D eigenvalue weighted by molar-refractivity contribution is 7.99. The monoisotopic (exact) mass is 392 g/mol. The minimum absolute atomic E-state index is 0.0957. The first-order valence-electron chi connectivity index (χ1n) is 8.48. The van der Waals surface area contributed by atoms with E-state index in [4.69, 9.17) is 4.74 Å². The average molecular weight is 392 g/mol. The van der Waals surface area contributed by atoms with Gasteiger partial charge < -0.3 is 9.30 Å². The van der Waals surface area contributed by atoms with E-state index >= 15 is 0 Å². The molecule has 0 aliphatic heterocycles.